The molecule has 1 rings (SSSR count). The van der Waals surface area contributed by atoms with Crippen LogP contribution in [0.15, 0.2) is 24.3 Å². The number of rotatable bonds is 11. The van der Waals surface area contributed by atoms with Gasteiger partial charge in [-0.15, -0.1) is 0 Å². The first-order valence-electron chi connectivity index (χ1n) is 13.7. The van der Waals surface area contributed by atoms with E-state index in [2.05, 4.69) is 121 Å². The van der Waals surface area contributed by atoms with Gasteiger partial charge in [0.15, 0.2) is 0 Å². The summed E-state index contributed by atoms with van der Waals surface area (Å²) in [5, 5.41) is 0. The molecule has 5 heteroatoms. The number of hydrogen-bond acceptors (Lipinski definition) is 2. The molecular weight excluding hydrogens is 467 g/mol. The van der Waals surface area contributed by atoms with E-state index in [1.807, 2.05) is 0 Å². The largest absolute Gasteiger partial charge is 0.469 e. The molecule has 4 nitrogen and oxygen atoms in total. The van der Waals surface area contributed by atoms with Gasteiger partial charge in [0.05, 0.1) is 6.10 Å². The van der Waals surface area contributed by atoms with Crippen LogP contribution in [0, 0.1) is 33.5 Å². The molecule has 0 aromatic heterocycles. The van der Waals surface area contributed by atoms with Crippen LogP contribution in [-0.4, -0.2) is 15.9 Å². The molecule has 2 unspecified atom stereocenters. The maximum Gasteiger partial charge on any atom is 0.469 e. The second kappa shape index (κ2) is 11.6. The SMILES string of the molecule is CC(C)C(C)(C)C(CC(CC(C)(C)C)c1ccc([C@H](C(C)(C)C)C(C)(C)C(C)C)cc1)OP(=O)(O)O. The average molecular weight is 525 g/mol. The lowest BCUT2D eigenvalue weighted by atomic mass is 9.59. The molecule has 0 saturated carbocycles. The van der Waals surface area contributed by atoms with Gasteiger partial charge in [-0.05, 0) is 69.3 Å². The molecule has 210 valence electrons. The summed E-state index contributed by atoms with van der Waals surface area (Å²) in [6.07, 6.45) is 0.905. The molecule has 36 heavy (non-hydrogen) atoms. The first-order chi connectivity index (χ1) is 15.9. The number of phosphoric ester groups is 1. The third kappa shape index (κ3) is 9.26. The Morgan fingerprint density at radius 2 is 1.17 bits per heavy atom. The second-order valence-corrected chi connectivity index (χ2v) is 16.4. The molecule has 0 aliphatic rings. The van der Waals surface area contributed by atoms with Gasteiger partial charge in [-0.1, -0.05) is 121 Å². The minimum atomic E-state index is -4.62. The summed E-state index contributed by atoms with van der Waals surface area (Å²) in [5.74, 6) is 1.27. The maximum absolute atomic E-state index is 11.9. The Morgan fingerprint density at radius 1 is 0.750 bits per heavy atom. The Morgan fingerprint density at radius 3 is 1.50 bits per heavy atom. The minimum absolute atomic E-state index is 0.0611. The molecule has 1 aromatic carbocycles. The van der Waals surface area contributed by atoms with E-state index < -0.39 is 19.3 Å². The van der Waals surface area contributed by atoms with Crippen LogP contribution in [0.1, 0.15) is 133 Å². The fraction of sp³-hybridized carbons (Fsp3) is 0.806. The van der Waals surface area contributed by atoms with Crippen LogP contribution in [0.2, 0.25) is 0 Å². The quantitative estimate of drug-likeness (QED) is 0.283. The Labute approximate surface area is 223 Å². The molecule has 0 bridgehead atoms. The van der Waals surface area contributed by atoms with Crippen molar-refractivity contribution in [2.45, 2.75) is 128 Å². The number of phosphoric acid groups is 1. The predicted octanol–water partition coefficient (Wildman–Crippen LogP) is 9.57. The van der Waals surface area contributed by atoms with Crippen molar-refractivity contribution >= 4 is 7.82 Å². The summed E-state index contributed by atoms with van der Waals surface area (Å²) in [6, 6.07) is 9.07. The molecule has 1 aromatic rings. The fourth-order valence-electron chi connectivity index (χ4n) is 5.69. The van der Waals surface area contributed by atoms with Gasteiger partial charge in [-0.2, -0.15) is 0 Å². The van der Waals surface area contributed by atoms with E-state index in [-0.39, 0.29) is 28.1 Å². The highest BCUT2D eigenvalue weighted by molar-refractivity contribution is 7.46. The first kappa shape index (κ1) is 33.4. The third-order valence-corrected chi connectivity index (χ3v) is 9.31. The van der Waals surface area contributed by atoms with Crippen molar-refractivity contribution in [1.82, 2.24) is 0 Å². The van der Waals surface area contributed by atoms with Crippen molar-refractivity contribution in [1.29, 1.82) is 0 Å². The van der Waals surface area contributed by atoms with Gasteiger partial charge in [-0.3, -0.25) is 4.52 Å². The highest BCUT2D eigenvalue weighted by Crippen LogP contribution is 2.52. The van der Waals surface area contributed by atoms with Gasteiger partial charge in [0.1, 0.15) is 0 Å². The molecular formula is C31H57O4P. The van der Waals surface area contributed by atoms with Gasteiger partial charge in [0.2, 0.25) is 0 Å². The summed E-state index contributed by atoms with van der Waals surface area (Å²) < 4.78 is 17.4. The Hall–Kier alpha value is -0.670. The van der Waals surface area contributed by atoms with Crippen LogP contribution < -0.4 is 0 Å². The Bertz CT molecular complexity index is 863. The molecule has 0 radical (unpaired) electrons. The van der Waals surface area contributed by atoms with E-state index in [4.69, 9.17) is 4.52 Å². The van der Waals surface area contributed by atoms with Crippen molar-refractivity contribution < 1.29 is 18.9 Å². The average Bonchev–Trinajstić information content (AvgIpc) is 2.63. The van der Waals surface area contributed by atoms with E-state index in [0.717, 1.165) is 6.42 Å². The zero-order valence-electron chi connectivity index (χ0n) is 25.8. The smallest absolute Gasteiger partial charge is 0.303 e. The molecule has 0 aliphatic heterocycles. The van der Waals surface area contributed by atoms with E-state index in [1.54, 1.807) is 0 Å². The number of hydrogen-bond donors (Lipinski definition) is 2. The lowest BCUT2D eigenvalue weighted by Crippen LogP contribution is -2.37. The van der Waals surface area contributed by atoms with Crippen LogP contribution in [0.3, 0.4) is 0 Å². The molecule has 3 atom stereocenters. The summed E-state index contributed by atoms with van der Waals surface area (Å²) >= 11 is 0. The van der Waals surface area contributed by atoms with E-state index in [9.17, 15) is 14.4 Å². The molecule has 2 N–H and O–H groups in total. The highest BCUT2D eigenvalue weighted by atomic mass is 31.2. The van der Waals surface area contributed by atoms with Crippen molar-refractivity contribution in [3.63, 3.8) is 0 Å². The molecule has 0 aliphatic carbocycles. The van der Waals surface area contributed by atoms with Crippen molar-refractivity contribution in [3.05, 3.63) is 35.4 Å². The molecule has 0 saturated heterocycles. The van der Waals surface area contributed by atoms with Crippen molar-refractivity contribution in [3.8, 4) is 0 Å². The van der Waals surface area contributed by atoms with Crippen LogP contribution in [0.4, 0.5) is 0 Å². The zero-order chi connectivity index (χ0) is 28.5. The summed E-state index contributed by atoms with van der Waals surface area (Å²) in [6.45, 7) is 31.3. The zero-order valence-corrected chi connectivity index (χ0v) is 26.7. The third-order valence-electron chi connectivity index (χ3n) is 8.78. The van der Waals surface area contributed by atoms with E-state index >= 15 is 0 Å². The van der Waals surface area contributed by atoms with Crippen LogP contribution >= 0.6 is 7.82 Å². The van der Waals surface area contributed by atoms with Crippen LogP contribution in [0.25, 0.3) is 0 Å². The Balaban J connectivity index is 3.52. The molecule has 0 fully saturated rings. The lowest BCUT2D eigenvalue weighted by molar-refractivity contribution is 0.00281. The van der Waals surface area contributed by atoms with Gasteiger partial charge < -0.3 is 9.79 Å². The maximum atomic E-state index is 11.9. The lowest BCUT2D eigenvalue weighted by Gasteiger charge is -2.46. The standard InChI is InChI=1S/C31H57O4P/c1-21(2)30(11,12)26(35-36(32,33)34)19-25(20-28(5,6)7)23-15-17-24(18-16-23)27(29(8,9)10)31(13,14)22(3)4/h15-18,21-22,25-27H,19-20H2,1-14H3,(H2,32,33,34)/t25?,26?,27-/m1/s1. The van der Waals surface area contributed by atoms with Crippen molar-refractivity contribution in [2.75, 3.05) is 0 Å². The molecule has 0 spiro atoms. The minimum Gasteiger partial charge on any atom is -0.303 e. The second-order valence-electron chi connectivity index (χ2n) is 15.2. The van der Waals surface area contributed by atoms with Gasteiger partial charge in [0.25, 0.3) is 0 Å². The monoisotopic (exact) mass is 524 g/mol. The topological polar surface area (TPSA) is 66.8 Å². The molecule has 0 amide bonds. The van der Waals surface area contributed by atoms with Crippen molar-refractivity contribution in [2.24, 2.45) is 33.5 Å². The highest BCUT2D eigenvalue weighted by Gasteiger charge is 2.42. The van der Waals surface area contributed by atoms with Crippen LogP contribution in [0.5, 0.6) is 0 Å². The normalized spacial score (nSPS) is 16.9. The predicted molar refractivity (Wildman–Crippen MR) is 154 cm³/mol. The Kier molecular flexibility index (Phi) is 10.8. The summed E-state index contributed by atoms with van der Waals surface area (Å²) in [5.41, 5.74) is 2.48. The fourth-order valence-corrected chi connectivity index (χ4v) is 6.38. The summed E-state index contributed by atoms with van der Waals surface area (Å²) in [4.78, 5) is 19.5. The van der Waals surface area contributed by atoms with Gasteiger partial charge in [0, 0.05) is 0 Å². The van der Waals surface area contributed by atoms with Crippen LogP contribution in [-0.2, 0) is 9.09 Å². The molecule has 0 heterocycles. The van der Waals surface area contributed by atoms with Gasteiger partial charge >= 0.3 is 7.82 Å². The van der Waals surface area contributed by atoms with E-state index in [1.165, 1.54) is 11.1 Å². The van der Waals surface area contributed by atoms with E-state index in [0.29, 0.717) is 18.3 Å². The first-order valence-corrected chi connectivity index (χ1v) is 15.3. The number of benzene rings is 1. The van der Waals surface area contributed by atoms with Gasteiger partial charge in [-0.25, -0.2) is 4.57 Å². The summed E-state index contributed by atoms with van der Waals surface area (Å²) in [7, 11) is -4.62.